The molecule has 1 unspecified atom stereocenters. The summed E-state index contributed by atoms with van der Waals surface area (Å²) in [6.45, 7) is 1.78. The van der Waals surface area contributed by atoms with Gasteiger partial charge in [0.05, 0.1) is 11.1 Å². The molecule has 3 rings (SSSR count). The number of rotatable bonds is 2. The van der Waals surface area contributed by atoms with Crippen molar-refractivity contribution in [2.45, 2.75) is 13.3 Å². The van der Waals surface area contributed by atoms with E-state index in [-0.39, 0.29) is 17.5 Å². The van der Waals surface area contributed by atoms with E-state index in [1.54, 1.807) is 12.1 Å². The second-order valence-corrected chi connectivity index (χ2v) is 5.17. The number of hydrogen-bond donors (Lipinski definition) is 1. The Morgan fingerprint density at radius 2 is 1.76 bits per heavy atom. The van der Waals surface area contributed by atoms with Crippen molar-refractivity contribution < 1.29 is 24.0 Å². The largest absolute Gasteiger partial charge is 0.355 e. The number of amides is 3. The third kappa shape index (κ3) is 1.81. The second kappa shape index (κ2) is 4.41. The highest BCUT2D eigenvalue weighted by Gasteiger charge is 2.49. The molecule has 1 atom stereocenters. The lowest BCUT2D eigenvalue weighted by atomic mass is 9.89. The maximum absolute atomic E-state index is 12.1. The van der Waals surface area contributed by atoms with Crippen molar-refractivity contribution in [3.8, 4) is 0 Å². The topological polar surface area (TPSA) is 92.8 Å². The van der Waals surface area contributed by atoms with E-state index in [4.69, 9.17) is 4.84 Å². The summed E-state index contributed by atoms with van der Waals surface area (Å²) >= 11 is 0. The van der Waals surface area contributed by atoms with Crippen LogP contribution >= 0.6 is 0 Å². The van der Waals surface area contributed by atoms with Crippen LogP contribution in [0.15, 0.2) is 24.3 Å². The van der Waals surface area contributed by atoms with Gasteiger partial charge in [-0.05, 0) is 25.5 Å². The summed E-state index contributed by atoms with van der Waals surface area (Å²) in [5, 5.41) is 2.95. The predicted octanol–water partition coefficient (Wildman–Crippen LogP) is 0.267. The van der Waals surface area contributed by atoms with Crippen molar-refractivity contribution in [3.63, 3.8) is 0 Å². The molecular weight excluding hydrogens is 276 g/mol. The Labute approximate surface area is 119 Å². The maximum atomic E-state index is 12.1. The quantitative estimate of drug-likeness (QED) is 0.622. The zero-order valence-corrected chi connectivity index (χ0v) is 11.2. The summed E-state index contributed by atoms with van der Waals surface area (Å²) < 4.78 is 0. The molecule has 2 aliphatic heterocycles. The van der Waals surface area contributed by atoms with E-state index in [0.717, 1.165) is 0 Å². The van der Waals surface area contributed by atoms with Crippen molar-refractivity contribution in [2.75, 3.05) is 6.54 Å². The normalized spacial score (nSPS) is 24.0. The van der Waals surface area contributed by atoms with E-state index in [0.29, 0.717) is 11.6 Å². The Bertz CT molecular complexity index is 649. The molecule has 2 heterocycles. The van der Waals surface area contributed by atoms with E-state index < -0.39 is 29.1 Å². The molecule has 0 bridgehead atoms. The summed E-state index contributed by atoms with van der Waals surface area (Å²) in [4.78, 5) is 52.9. The van der Waals surface area contributed by atoms with Gasteiger partial charge in [-0.15, -0.1) is 0 Å². The van der Waals surface area contributed by atoms with Crippen LogP contribution in [-0.4, -0.2) is 35.3 Å². The van der Waals surface area contributed by atoms with Gasteiger partial charge in [-0.25, -0.2) is 4.79 Å². The Morgan fingerprint density at radius 1 is 1.19 bits per heavy atom. The Balaban J connectivity index is 1.84. The standard InChI is InChI=1S/C14H12N2O5/c1-14(6-7-15-12(14)19)13(20)21-16-10(17)8-4-2-3-5-9(8)11(16)18/h2-5H,6-7H2,1H3,(H,15,19). The number of nitrogens with zero attached hydrogens (tertiary/aromatic N) is 1. The van der Waals surface area contributed by atoms with Gasteiger partial charge in [-0.1, -0.05) is 17.2 Å². The summed E-state index contributed by atoms with van der Waals surface area (Å²) in [5.41, 5.74) is -1.03. The van der Waals surface area contributed by atoms with Crippen LogP contribution in [0.5, 0.6) is 0 Å². The molecule has 1 saturated heterocycles. The number of nitrogens with one attached hydrogen (secondary N) is 1. The Kier molecular flexibility index (Phi) is 2.79. The van der Waals surface area contributed by atoms with Crippen molar-refractivity contribution >= 4 is 23.7 Å². The van der Waals surface area contributed by atoms with Crippen LogP contribution in [0.1, 0.15) is 34.1 Å². The van der Waals surface area contributed by atoms with Crippen LogP contribution < -0.4 is 5.32 Å². The summed E-state index contributed by atoms with van der Waals surface area (Å²) in [5.74, 6) is -2.78. The van der Waals surface area contributed by atoms with Crippen molar-refractivity contribution in [3.05, 3.63) is 35.4 Å². The van der Waals surface area contributed by atoms with Crippen molar-refractivity contribution in [1.82, 2.24) is 10.4 Å². The molecule has 3 amide bonds. The number of hydroxylamine groups is 2. The van der Waals surface area contributed by atoms with E-state index in [1.807, 2.05) is 0 Å². The van der Waals surface area contributed by atoms with E-state index >= 15 is 0 Å². The highest BCUT2D eigenvalue weighted by Crippen LogP contribution is 2.30. The summed E-state index contributed by atoms with van der Waals surface area (Å²) in [6, 6.07) is 6.18. The number of imide groups is 1. The molecular formula is C14H12N2O5. The first kappa shape index (κ1) is 13.3. The fraction of sp³-hybridized carbons (Fsp3) is 0.286. The SMILES string of the molecule is CC1(C(=O)ON2C(=O)c3ccccc3C2=O)CCNC1=O. The molecule has 0 radical (unpaired) electrons. The van der Waals surface area contributed by atoms with E-state index in [9.17, 15) is 19.2 Å². The third-order valence-electron chi connectivity index (χ3n) is 3.79. The average Bonchev–Trinajstić information content (AvgIpc) is 2.94. The van der Waals surface area contributed by atoms with Crippen LogP contribution in [-0.2, 0) is 14.4 Å². The highest BCUT2D eigenvalue weighted by atomic mass is 16.7. The average molecular weight is 288 g/mol. The fourth-order valence-corrected chi connectivity index (χ4v) is 2.36. The minimum absolute atomic E-state index is 0.177. The molecule has 7 heteroatoms. The van der Waals surface area contributed by atoms with E-state index in [2.05, 4.69) is 5.32 Å². The lowest BCUT2D eigenvalue weighted by Crippen LogP contribution is -2.42. The maximum Gasteiger partial charge on any atom is 0.348 e. The van der Waals surface area contributed by atoms with Gasteiger partial charge < -0.3 is 10.2 Å². The summed E-state index contributed by atoms with van der Waals surface area (Å²) in [7, 11) is 0. The smallest absolute Gasteiger partial charge is 0.348 e. The number of carbonyl (C=O) groups is 4. The fourth-order valence-electron chi connectivity index (χ4n) is 2.36. The number of fused-ring (bicyclic) bond motifs is 1. The summed E-state index contributed by atoms with van der Waals surface area (Å²) in [6.07, 6.45) is 0.258. The molecule has 1 N–H and O–H groups in total. The van der Waals surface area contributed by atoms with Gasteiger partial charge in [0, 0.05) is 6.54 Å². The molecule has 7 nitrogen and oxygen atoms in total. The monoisotopic (exact) mass is 288 g/mol. The molecule has 1 fully saturated rings. The van der Waals surface area contributed by atoms with Crippen molar-refractivity contribution in [1.29, 1.82) is 0 Å². The number of carbonyl (C=O) groups excluding carboxylic acids is 4. The van der Waals surface area contributed by atoms with Gasteiger partial charge >= 0.3 is 5.97 Å². The number of benzene rings is 1. The molecule has 0 aliphatic carbocycles. The molecule has 0 spiro atoms. The third-order valence-corrected chi connectivity index (χ3v) is 3.79. The van der Waals surface area contributed by atoms with Gasteiger partial charge in [-0.2, -0.15) is 0 Å². The van der Waals surface area contributed by atoms with Crippen LogP contribution in [0, 0.1) is 5.41 Å². The van der Waals surface area contributed by atoms with Gasteiger partial charge in [0.2, 0.25) is 5.91 Å². The lowest BCUT2D eigenvalue weighted by Gasteiger charge is -2.21. The van der Waals surface area contributed by atoms with Gasteiger partial charge in [0.1, 0.15) is 5.41 Å². The van der Waals surface area contributed by atoms with Crippen LogP contribution in [0.25, 0.3) is 0 Å². The molecule has 2 aliphatic rings. The van der Waals surface area contributed by atoms with Crippen LogP contribution in [0.4, 0.5) is 0 Å². The van der Waals surface area contributed by atoms with Crippen molar-refractivity contribution in [2.24, 2.45) is 5.41 Å². The van der Waals surface area contributed by atoms with Crippen LogP contribution in [0.3, 0.4) is 0 Å². The Morgan fingerprint density at radius 3 is 2.24 bits per heavy atom. The first-order valence-corrected chi connectivity index (χ1v) is 6.43. The molecule has 21 heavy (non-hydrogen) atoms. The molecule has 0 aromatic heterocycles. The minimum Gasteiger partial charge on any atom is -0.355 e. The highest BCUT2D eigenvalue weighted by molar-refractivity contribution is 6.21. The first-order valence-electron chi connectivity index (χ1n) is 6.43. The van der Waals surface area contributed by atoms with Gasteiger partial charge in [-0.3, -0.25) is 14.4 Å². The van der Waals surface area contributed by atoms with Gasteiger partial charge in [0.15, 0.2) is 0 Å². The zero-order chi connectivity index (χ0) is 15.2. The van der Waals surface area contributed by atoms with Gasteiger partial charge in [0.25, 0.3) is 11.8 Å². The lowest BCUT2D eigenvalue weighted by molar-refractivity contribution is -0.181. The predicted molar refractivity (Wildman–Crippen MR) is 68.8 cm³/mol. The minimum atomic E-state index is -1.38. The second-order valence-electron chi connectivity index (χ2n) is 5.17. The molecule has 108 valence electrons. The van der Waals surface area contributed by atoms with E-state index in [1.165, 1.54) is 19.1 Å². The molecule has 0 saturated carbocycles. The molecule has 1 aromatic rings. The first-order chi connectivity index (χ1) is 9.95. The molecule has 1 aromatic carbocycles. The number of hydrogen-bond acceptors (Lipinski definition) is 5. The van der Waals surface area contributed by atoms with Crippen LogP contribution in [0.2, 0.25) is 0 Å². The zero-order valence-electron chi connectivity index (χ0n) is 11.2. The Hall–Kier alpha value is -2.70.